The number of hydrogen-bond donors (Lipinski definition) is 1. The van der Waals surface area contributed by atoms with Crippen LogP contribution in [0.3, 0.4) is 0 Å². The monoisotopic (exact) mass is 184 g/mol. The molecule has 78 valence electrons. The highest BCUT2D eigenvalue weighted by Gasteiger charge is 2.36. The molecule has 1 aliphatic carbocycles. The molecule has 0 aromatic rings. The van der Waals surface area contributed by atoms with Gasteiger partial charge < -0.3 is 5.11 Å². The van der Waals surface area contributed by atoms with Gasteiger partial charge in [0.15, 0.2) is 0 Å². The summed E-state index contributed by atoms with van der Waals surface area (Å²) in [5, 5.41) is 10.5. The molecule has 0 saturated heterocycles. The lowest BCUT2D eigenvalue weighted by atomic mass is 9.79. The molecule has 0 amide bonds. The van der Waals surface area contributed by atoms with E-state index in [0.717, 1.165) is 25.7 Å². The van der Waals surface area contributed by atoms with E-state index in [-0.39, 0.29) is 5.60 Å². The van der Waals surface area contributed by atoms with Gasteiger partial charge in [0.2, 0.25) is 0 Å². The Bertz CT molecular complexity index is 130. The highest BCUT2D eigenvalue weighted by molar-refractivity contribution is 4.88. The molecule has 0 spiro atoms. The Morgan fingerprint density at radius 2 is 1.54 bits per heavy atom. The third-order valence-corrected chi connectivity index (χ3v) is 3.48. The Balaban J connectivity index is 2.52. The van der Waals surface area contributed by atoms with Gasteiger partial charge in [0.25, 0.3) is 0 Å². The predicted octanol–water partition coefficient (Wildman–Crippen LogP) is 3.51. The average Bonchev–Trinajstić information content (AvgIpc) is 2.57. The van der Waals surface area contributed by atoms with Crippen molar-refractivity contribution in [1.82, 2.24) is 0 Å². The van der Waals surface area contributed by atoms with E-state index in [1.165, 1.54) is 25.7 Å². The molecule has 0 radical (unpaired) electrons. The normalized spacial score (nSPS) is 19.6. The molecule has 0 unspecified atom stereocenters. The van der Waals surface area contributed by atoms with Gasteiger partial charge in [-0.05, 0) is 31.6 Å². The molecule has 0 atom stereocenters. The third-order valence-electron chi connectivity index (χ3n) is 3.48. The molecule has 0 heterocycles. The summed E-state index contributed by atoms with van der Waals surface area (Å²) < 4.78 is 0. The van der Waals surface area contributed by atoms with Crippen LogP contribution in [0.4, 0.5) is 0 Å². The fourth-order valence-corrected chi connectivity index (χ4v) is 2.86. The summed E-state index contributed by atoms with van der Waals surface area (Å²) in [5.74, 6) is 0.604. The van der Waals surface area contributed by atoms with Gasteiger partial charge in [0.1, 0.15) is 0 Å². The van der Waals surface area contributed by atoms with Crippen LogP contribution in [-0.2, 0) is 0 Å². The maximum absolute atomic E-state index is 10.5. The van der Waals surface area contributed by atoms with Crippen molar-refractivity contribution in [2.45, 2.75) is 70.8 Å². The van der Waals surface area contributed by atoms with E-state index in [1.807, 2.05) is 0 Å². The Labute approximate surface area is 82.5 Å². The van der Waals surface area contributed by atoms with Gasteiger partial charge in [-0.25, -0.2) is 0 Å². The van der Waals surface area contributed by atoms with Gasteiger partial charge >= 0.3 is 0 Å². The molecule has 1 aliphatic rings. The number of hydrogen-bond acceptors (Lipinski definition) is 1. The van der Waals surface area contributed by atoms with Crippen LogP contribution in [0.2, 0.25) is 0 Å². The zero-order valence-corrected chi connectivity index (χ0v) is 9.18. The van der Waals surface area contributed by atoms with Crippen LogP contribution >= 0.6 is 0 Å². The molecule has 1 fully saturated rings. The lowest BCUT2D eigenvalue weighted by molar-refractivity contribution is -0.0327. The molecule has 13 heavy (non-hydrogen) atoms. The summed E-state index contributed by atoms with van der Waals surface area (Å²) in [6.45, 7) is 4.35. The first-order chi connectivity index (χ1) is 6.23. The molecule has 0 bridgehead atoms. The molecular formula is C12H24O. The summed E-state index contributed by atoms with van der Waals surface area (Å²) in [6.07, 6.45) is 9.44. The molecule has 1 N–H and O–H groups in total. The average molecular weight is 184 g/mol. The maximum atomic E-state index is 10.5. The first-order valence-electron chi connectivity index (χ1n) is 5.95. The smallest absolute Gasteiger partial charge is 0.0675 e. The quantitative estimate of drug-likeness (QED) is 0.693. The third kappa shape index (κ3) is 2.70. The topological polar surface area (TPSA) is 20.2 Å². The van der Waals surface area contributed by atoms with Gasteiger partial charge in [-0.2, -0.15) is 0 Å². The zero-order valence-electron chi connectivity index (χ0n) is 9.18. The standard InChI is InChI=1S/C12H24O/c1-3-9-12(13,10-4-2)11-7-5-6-8-11/h11,13H,3-10H2,1-2H3. The minimum absolute atomic E-state index is 0.319. The van der Waals surface area contributed by atoms with Gasteiger partial charge in [0, 0.05) is 0 Å². The van der Waals surface area contributed by atoms with Crippen LogP contribution in [-0.4, -0.2) is 10.7 Å². The first-order valence-corrected chi connectivity index (χ1v) is 5.95. The van der Waals surface area contributed by atoms with Crippen LogP contribution in [0.1, 0.15) is 65.2 Å². The van der Waals surface area contributed by atoms with Crippen LogP contribution in [0.15, 0.2) is 0 Å². The van der Waals surface area contributed by atoms with Crippen molar-refractivity contribution in [2.24, 2.45) is 5.92 Å². The van der Waals surface area contributed by atoms with Crippen molar-refractivity contribution in [3.8, 4) is 0 Å². The molecule has 0 aromatic carbocycles. The predicted molar refractivity (Wildman–Crippen MR) is 56.7 cm³/mol. The van der Waals surface area contributed by atoms with Crippen molar-refractivity contribution in [1.29, 1.82) is 0 Å². The second kappa shape index (κ2) is 4.99. The van der Waals surface area contributed by atoms with Crippen LogP contribution < -0.4 is 0 Å². The molecule has 1 rings (SSSR count). The lowest BCUT2D eigenvalue weighted by Crippen LogP contribution is -2.36. The van der Waals surface area contributed by atoms with Crippen molar-refractivity contribution >= 4 is 0 Å². The van der Waals surface area contributed by atoms with E-state index in [9.17, 15) is 5.11 Å². The van der Waals surface area contributed by atoms with E-state index in [1.54, 1.807) is 0 Å². The van der Waals surface area contributed by atoms with E-state index < -0.39 is 0 Å². The van der Waals surface area contributed by atoms with Crippen molar-refractivity contribution in [3.63, 3.8) is 0 Å². The van der Waals surface area contributed by atoms with Crippen molar-refractivity contribution in [3.05, 3.63) is 0 Å². The van der Waals surface area contributed by atoms with E-state index in [2.05, 4.69) is 13.8 Å². The SMILES string of the molecule is CCCC(O)(CCC)C1CCCC1. The summed E-state index contributed by atoms with van der Waals surface area (Å²) >= 11 is 0. The lowest BCUT2D eigenvalue weighted by Gasteiger charge is -2.33. The summed E-state index contributed by atoms with van der Waals surface area (Å²) in [6, 6.07) is 0. The fraction of sp³-hybridized carbons (Fsp3) is 1.00. The molecule has 0 aliphatic heterocycles. The Morgan fingerprint density at radius 1 is 1.08 bits per heavy atom. The number of rotatable bonds is 5. The van der Waals surface area contributed by atoms with Crippen LogP contribution in [0.5, 0.6) is 0 Å². The fourth-order valence-electron chi connectivity index (χ4n) is 2.86. The molecule has 1 saturated carbocycles. The van der Waals surface area contributed by atoms with Crippen molar-refractivity contribution < 1.29 is 5.11 Å². The molecule has 0 aromatic heterocycles. The number of aliphatic hydroxyl groups is 1. The molecule has 1 nitrogen and oxygen atoms in total. The Morgan fingerprint density at radius 3 is 1.92 bits per heavy atom. The minimum atomic E-state index is -0.319. The van der Waals surface area contributed by atoms with Gasteiger partial charge in [-0.3, -0.25) is 0 Å². The van der Waals surface area contributed by atoms with Crippen LogP contribution in [0.25, 0.3) is 0 Å². The Kier molecular flexibility index (Phi) is 4.24. The summed E-state index contributed by atoms with van der Waals surface area (Å²) in [4.78, 5) is 0. The van der Waals surface area contributed by atoms with Gasteiger partial charge in [0.05, 0.1) is 5.60 Å². The molecular weight excluding hydrogens is 160 g/mol. The van der Waals surface area contributed by atoms with Crippen LogP contribution in [0, 0.1) is 5.92 Å². The largest absolute Gasteiger partial charge is 0.390 e. The molecule has 1 heteroatoms. The maximum Gasteiger partial charge on any atom is 0.0675 e. The van der Waals surface area contributed by atoms with E-state index in [4.69, 9.17) is 0 Å². The second-order valence-electron chi connectivity index (χ2n) is 4.58. The van der Waals surface area contributed by atoms with E-state index in [0.29, 0.717) is 5.92 Å². The minimum Gasteiger partial charge on any atom is -0.390 e. The summed E-state index contributed by atoms with van der Waals surface area (Å²) in [7, 11) is 0. The highest BCUT2D eigenvalue weighted by Crippen LogP contribution is 2.39. The summed E-state index contributed by atoms with van der Waals surface area (Å²) in [5.41, 5.74) is -0.319. The Hall–Kier alpha value is -0.0400. The zero-order chi connectivity index (χ0) is 9.73. The highest BCUT2D eigenvalue weighted by atomic mass is 16.3. The van der Waals surface area contributed by atoms with Gasteiger partial charge in [-0.1, -0.05) is 39.5 Å². The second-order valence-corrected chi connectivity index (χ2v) is 4.58. The van der Waals surface area contributed by atoms with E-state index >= 15 is 0 Å². The van der Waals surface area contributed by atoms with Crippen molar-refractivity contribution in [2.75, 3.05) is 0 Å². The first kappa shape index (κ1) is 11.0. The van der Waals surface area contributed by atoms with Gasteiger partial charge in [-0.15, -0.1) is 0 Å².